The van der Waals surface area contributed by atoms with Gasteiger partial charge >= 0.3 is 0 Å². The van der Waals surface area contributed by atoms with Gasteiger partial charge in [-0.3, -0.25) is 4.99 Å². The van der Waals surface area contributed by atoms with Gasteiger partial charge in [-0.1, -0.05) is 27.4 Å². The molecule has 0 heterocycles. The lowest BCUT2D eigenvalue weighted by Crippen LogP contribution is -2.04. The number of rotatable bonds is 1. The van der Waals surface area contributed by atoms with Crippen LogP contribution in [0.25, 0.3) is 0 Å². The van der Waals surface area contributed by atoms with Crippen LogP contribution < -0.4 is 0 Å². The van der Waals surface area contributed by atoms with E-state index in [4.69, 9.17) is 0 Å². The molecule has 0 unspecified atom stereocenters. The molecule has 0 radical (unpaired) electrons. The van der Waals surface area contributed by atoms with Gasteiger partial charge in [0.15, 0.2) is 0 Å². The largest absolute Gasteiger partial charge is 0.269 e. The van der Waals surface area contributed by atoms with E-state index in [1.165, 1.54) is 0 Å². The summed E-state index contributed by atoms with van der Waals surface area (Å²) in [5, 5.41) is 0. The molecule has 0 spiro atoms. The zero-order chi connectivity index (χ0) is 6.62. The summed E-state index contributed by atoms with van der Waals surface area (Å²) in [6, 6.07) is 0. The van der Waals surface area contributed by atoms with E-state index in [1.54, 1.807) is 6.20 Å². The van der Waals surface area contributed by atoms with Crippen molar-refractivity contribution in [3.8, 4) is 0 Å². The van der Waals surface area contributed by atoms with Gasteiger partial charge in [0.25, 0.3) is 0 Å². The van der Waals surface area contributed by atoms with Gasteiger partial charge in [0.05, 0.1) is 0 Å². The Morgan fingerprint density at radius 3 is 2.00 bits per heavy atom. The first-order valence-corrected chi connectivity index (χ1v) is 2.71. The molecule has 0 amide bonds. The normalized spacial score (nSPS) is 12.4. The summed E-state index contributed by atoms with van der Waals surface area (Å²) < 4.78 is 0. The van der Waals surface area contributed by atoms with Crippen molar-refractivity contribution in [3.63, 3.8) is 0 Å². The smallest absolute Gasteiger partial charge is 0.0192 e. The van der Waals surface area contributed by atoms with Gasteiger partial charge in [0.1, 0.15) is 0 Å². The van der Waals surface area contributed by atoms with Gasteiger partial charge in [0.2, 0.25) is 0 Å². The van der Waals surface area contributed by atoms with Crippen LogP contribution >= 0.6 is 0 Å². The van der Waals surface area contributed by atoms with Crippen LogP contribution in [0.3, 0.4) is 0 Å². The summed E-state index contributed by atoms with van der Waals surface area (Å²) in [7, 11) is 0. The van der Waals surface area contributed by atoms with E-state index >= 15 is 0 Å². The Hall–Kier alpha value is -0.590. The summed E-state index contributed by atoms with van der Waals surface area (Å²) >= 11 is 0. The van der Waals surface area contributed by atoms with Crippen molar-refractivity contribution in [2.75, 3.05) is 0 Å². The highest BCUT2D eigenvalue weighted by Gasteiger charge is 2.02. The van der Waals surface area contributed by atoms with E-state index in [9.17, 15) is 0 Å². The predicted molar refractivity (Wildman–Crippen MR) is 38.1 cm³/mol. The van der Waals surface area contributed by atoms with E-state index in [0.29, 0.717) is 0 Å². The molecule has 0 aliphatic carbocycles. The Labute approximate surface area is 51.1 Å². The van der Waals surface area contributed by atoms with Gasteiger partial charge in [-0.15, -0.1) is 0 Å². The topological polar surface area (TPSA) is 12.4 Å². The molecule has 46 valence electrons. The Bertz CT molecular complexity index is 95.4. The molecule has 0 aromatic rings. The van der Waals surface area contributed by atoms with Crippen LogP contribution in [0.2, 0.25) is 0 Å². The summed E-state index contributed by atoms with van der Waals surface area (Å²) in [6.07, 6.45) is 3.42. The minimum Gasteiger partial charge on any atom is -0.269 e. The van der Waals surface area contributed by atoms with Gasteiger partial charge < -0.3 is 0 Å². The Morgan fingerprint density at radius 2 is 1.88 bits per heavy atom. The van der Waals surface area contributed by atoms with E-state index in [1.807, 2.05) is 6.21 Å². The molecule has 0 aromatic carbocycles. The maximum absolute atomic E-state index is 3.88. The van der Waals surface area contributed by atoms with Crippen LogP contribution in [0.15, 0.2) is 17.8 Å². The second-order valence-corrected chi connectivity index (χ2v) is 2.83. The molecule has 0 N–H and O–H groups in total. The third kappa shape index (κ3) is 5.41. The highest BCUT2D eigenvalue weighted by atomic mass is 14.7. The highest BCUT2D eigenvalue weighted by Crippen LogP contribution is 2.07. The molecule has 1 heteroatoms. The van der Waals surface area contributed by atoms with Crippen molar-refractivity contribution < 1.29 is 0 Å². The second-order valence-electron chi connectivity index (χ2n) is 2.83. The fourth-order valence-electron chi connectivity index (χ4n) is 0.276. The van der Waals surface area contributed by atoms with Gasteiger partial charge in [-0.2, -0.15) is 0 Å². The van der Waals surface area contributed by atoms with Crippen LogP contribution in [-0.4, -0.2) is 6.21 Å². The average Bonchev–Trinajstić information content (AvgIpc) is 1.59. The molecule has 0 aliphatic rings. The standard InChI is InChI=1S/C7H13N/c1-5-8-6-7(2,3)4/h5-6H,1H2,2-4H3/b8-6+. The lowest BCUT2D eigenvalue weighted by atomic mass is 9.99. The van der Waals surface area contributed by atoms with Crippen molar-refractivity contribution in [1.29, 1.82) is 0 Å². The first-order valence-electron chi connectivity index (χ1n) is 2.71. The minimum atomic E-state index is 0.189. The maximum Gasteiger partial charge on any atom is 0.0192 e. The maximum atomic E-state index is 3.88. The quantitative estimate of drug-likeness (QED) is 0.460. The summed E-state index contributed by atoms with van der Waals surface area (Å²) in [6.45, 7) is 9.76. The van der Waals surface area contributed by atoms with Crippen LogP contribution in [0.5, 0.6) is 0 Å². The minimum absolute atomic E-state index is 0.189. The van der Waals surface area contributed by atoms with Crippen LogP contribution in [-0.2, 0) is 0 Å². The SMILES string of the molecule is C=C/N=C/C(C)(C)C. The first-order chi connectivity index (χ1) is 3.56. The highest BCUT2D eigenvalue weighted by molar-refractivity contribution is 5.64. The molecule has 0 rings (SSSR count). The molecular formula is C7H13N. The molecule has 0 bridgehead atoms. The average molecular weight is 111 g/mol. The number of aliphatic imine (C=N–C) groups is 1. The summed E-state index contributed by atoms with van der Waals surface area (Å²) in [5.74, 6) is 0. The van der Waals surface area contributed by atoms with E-state index in [-0.39, 0.29) is 5.41 Å². The molecule has 0 saturated heterocycles. The van der Waals surface area contributed by atoms with Crippen molar-refractivity contribution in [1.82, 2.24) is 0 Å². The third-order valence-corrected chi connectivity index (χ3v) is 0.567. The van der Waals surface area contributed by atoms with Crippen LogP contribution in [0, 0.1) is 5.41 Å². The van der Waals surface area contributed by atoms with Crippen molar-refractivity contribution in [2.24, 2.45) is 10.4 Å². The van der Waals surface area contributed by atoms with E-state index in [2.05, 4.69) is 32.3 Å². The number of hydrogen-bond donors (Lipinski definition) is 0. The fraction of sp³-hybridized carbons (Fsp3) is 0.571. The third-order valence-electron chi connectivity index (χ3n) is 0.567. The molecule has 0 aromatic heterocycles. The van der Waals surface area contributed by atoms with E-state index < -0.39 is 0 Å². The van der Waals surface area contributed by atoms with E-state index in [0.717, 1.165) is 0 Å². The Kier molecular flexibility index (Phi) is 2.46. The second kappa shape index (κ2) is 2.65. The molecule has 0 fully saturated rings. The monoisotopic (exact) mass is 111 g/mol. The van der Waals surface area contributed by atoms with Crippen molar-refractivity contribution in [2.45, 2.75) is 20.8 Å². The first kappa shape index (κ1) is 7.41. The molecule has 1 nitrogen and oxygen atoms in total. The molecule has 8 heavy (non-hydrogen) atoms. The predicted octanol–water partition coefficient (Wildman–Crippen LogP) is 2.25. The lowest BCUT2D eigenvalue weighted by Gasteiger charge is -2.08. The fourth-order valence-corrected chi connectivity index (χ4v) is 0.276. The molecular weight excluding hydrogens is 98.1 g/mol. The number of nitrogens with zero attached hydrogens (tertiary/aromatic N) is 1. The van der Waals surface area contributed by atoms with Gasteiger partial charge in [-0.05, 0) is 5.41 Å². The lowest BCUT2D eigenvalue weighted by molar-refractivity contribution is 0.607. The van der Waals surface area contributed by atoms with Crippen molar-refractivity contribution >= 4 is 6.21 Å². The Morgan fingerprint density at radius 1 is 1.38 bits per heavy atom. The molecule has 0 atom stereocenters. The Balaban J connectivity index is 3.69. The zero-order valence-electron chi connectivity index (χ0n) is 5.81. The molecule has 0 saturated carbocycles. The van der Waals surface area contributed by atoms with Gasteiger partial charge in [0, 0.05) is 12.4 Å². The zero-order valence-corrected chi connectivity index (χ0v) is 5.81. The molecule has 0 aliphatic heterocycles. The van der Waals surface area contributed by atoms with Crippen LogP contribution in [0.1, 0.15) is 20.8 Å². The van der Waals surface area contributed by atoms with Crippen LogP contribution in [0.4, 0.5) is 0 Å². The summed E-state index contributed by atoms with van der Waals surface area (Å²) in [5.41, 5.74) is 0.189. The van der Waals surface area contributed by atoms with Gasteiger partial charge in [-0.25, -0.2) is 0 Å². The summed E-state index contributed by atoms with van der Waals surface area (Å²) in [4.78, 5) is 3.88. The van der Waals surface area contributed by atoms with Crippen molar-refractivity contribution in [3.05, 3.63) is 12.8 Å². The number of hydrogen-bond acceptors (Lipinski definition) is 1.